The van der Waals surface area contributed by atoms with Crippen molar-refractivity contribution < 1.29 is 14.3 Å². The first kappa shape index (κ1) is 19.9. The smallest absolute Gasteiger partial charge is 0.271 e. The molecule has 1 N–H and O–H groups in total. The van der Waals surface area contributed by atoms with Crippen molar-refractivity contribution in [1.29, 1.82) is 0 Å². The van der Waals surface area contributed by atoms with Gasteiger partial charge in [-0.2, -0.15) is 0 Å². The van der Waals surface area contributed by atoms with Crippen LogP contribution in [0.4, 0.5) is 11.5 Å². The van der Waals surface area contributed by atoms with Crippen LogP contribution in [0.3, 0.4) is 0 Å². The van der Waals surface area contributed by atoms with Crippen LogP contribution in [0.15, 0.2) is 36.7 Å². The topological polar surface area (TPSA) is 79.8 Å². The molecule has 8 heteroatoms. The van der Waals surface area contributed by atoms with Gasteiger partial charge in [-0.15, -0.1) is 0 Å². The number of hydrogen-bond acceptors (Lipinski definition) is 7. The Balaban J connectivity index is 1.50. The first-order valence-electron chi connectivity index (χ1n) is 9.44. The molecule has 0 spiro atoms. The van der Waals surface area contributed by atoms with E-state index >= 15 is 0 Å². The Morgan fingerprint density at radius 1 is 1.04 bits per heavy atom. The van der Waals surface area contributed by atoms with Gasteiger partial charge in [0.15, 0.2) is 0 Å². The molecule has 1 fully saturated rings. The molecule has 1 aromatic heterocycles. The minimum atomic E-state index is -0.209. The summed E-state index contributed by atoms with van der Waals surface area (Å²) in [5.41, 5.74) is 1.52. The first-order valence-corrected chi connectivity index (χ1v) is 9.44. The number of carbonyl (C=O) groups excluding carboxylic acids is 1. The second-order valence-corrected chi connectivity index (χ2v) is 6.53. The Bertz CT molecular complexity index is 743. The molecule has 0 aliphatic carbocycles. The van der Waals surface area contributed by atoms with E-state index in [0.717, 1.165) is 44.2 Å². The second-order valence-electron chi connectivity index (χ2n) is 6.53. The molecular formula is C20H27N5O3. The van der Waals surface area contributed by atoms with E-state index in [1.54, 1.807) is 20.4 Å². The second kappa shape index (κ2) is 9.89. The fraction of sp³-hybridized carbons (Fsp3) is 0.450. The van der Waals surface area contributed by atoms with Gasteiger partial charge in [0.1, 0.15) is 17.3 Å². The van der Waals surface area contributed by atoms with E-state index in [4.69, 9.17) is 9.47 Å². The molecule has 1 aliphatic heterocycles. The average Bonchev–Trinajstić information content (AvgIpc) is 2.77. The molecule has 0 unspecified atom stereocenters. The summed E-state index contributed by atoms with van der Waals surface area (Å²) >= 11 is 0. The Morgan fingerprint density at radius 3 is 2.36 bits per heavy atom. The van der Waals surface area contributed by atoms with Crippen molar-refractivity contribution >= 4 is 17.4 Å². The first-order chi connectivity index (χ1) is 13.7. The van der Waals surface area contributed by atoms with Crippen LogP contribution in [0.2, 0.25) is 0 Å². The van der Waals surface area contributed by atoms with E-state index in [1.165, 1.54) is 11.9 Å². The van der Waals surface area contributed by atoms with E-state index in [0.29, 0.717) is 18.8 Å². The van der Waals surface area contributed by atoms with Gasteiger partial charge in [0, 0.05) is 52.1 Å². The number of anilines is 2. The predicted molar refractivity (Wildman–Crippen MR) is 108 cm³/mol. The average molecular weight is 385 g/mol. The number of ether oxygens (including phenoxy) is 2. The van der Waals surface area contributed by atoms with Gasteiger partial charge in [-0.3, -0.25) is 4.79 Å². The number of nitrogens with zero attached hydrogens (tertiary/aromatic N) is 4. The maximum Gasteiger partial charge on any atom is 0.271 e. The molecule has 0 atom stereocenters. The fourth-order valence-electron chi connectivity index (χ4n) is 3.10. The molecule has 0 radical (unpaired) electrons. The minimum Gasteiger partial charge on any atom is -0.497 e. The van der Waals surface area contributed by atoms with Crippen LogP contribution in [-0.2, 0) is 4.74 Å². The third-order valence-electron chi connectivity index (χ3n) is 4.72. The third-order valence-corrected chi connectivity index (χ3v) is 4.72. The lowest BCUT2D eigenvalue weighted by molar-refractivity contribution is 0.0943. The number of aromatic nitrogens is 2. The molecule has 1 aromatic carbocycles. The molecule has 0 saturated carbocycles. The zero-order chi connectivity index (χ0) is 19.8. The summed E-state index contributed by atoms with van der Waals surface area (Å²) in [5.74, 6) is 1.45. The standard InChI is InChI=1S/C20H27N5O3/c1-27-13-3-8-21-20(26)18-14-23-19(15-22-18)25-11-9-24(10-12-25)16-4-6-17(28-2)7-5-16/h4-7,14-15H,3,8-13H2,1-2H3,(H,21,26). The highest BCUT2D eigenvalue weighted by molar-refractivity contribution is 5.91. The molecular weight excluding hydrogens is 358 g/mol. The highest BCUT2D eigenvalue weighted by atomic mass is 16.5. The number of nitrogens with one attached hydrogen (secondary N) is 1. The molecule has 28 heavy (non-hydrogen) atoms. The Hall–Kier alpha value is -2.87. The predicted octanol–water partition coefficient (Wildman–Crippen LogP) is 1.58. The molecule has 1 aliphatic rings. The number of rotatable bonds is 8. The summed E-state index contributed by atoms with van der Waals surface area (Å²) in [6.07, 6.45) is 3.98. The van der Waals surface area contributed by atoms with Crippen LogP contribution in [0, 0.1) is 0 Å². The van der Waals surface area contributed by atoms with Crippen LogP contribution >= 0.6 is 0 Å². The van der Waals surface area contributed by atoms with Crippen molar-refractivity contribution in [2.24, 2.45) is 0 Å². The lowest BCUT2D eigenvalue weighted by Crippen LogP contribution is -2.46. The molecule has 0 bridgehead atoms. The lowest BCUT2D eigenvalue weighted by atomic mass is 10.2. The van der Waals surface area contributed by atoms with Gasteiger partial charge in [-0.25, -0.2) is 9.97 Å². The van der Waals surface area contributed by atoms with Crippen molar-refractivity contribution in [2.75, 3.05) is 63.4 Å². The SMILES string of the molecule is COCCCNC(=O)c1cnc(N2CCN(c3ccc(OC)cc3)CC2)cn1. The van der Waals surface area contributed by atoms with Crippen molar-refractivity contribution in [3.63, 3.8) is 0 Å². The van der Waals surface area contributed by atoms with Gasteiger partial charge in [0.05, 0.1) is 19.5 Å². The largest absolute Gasteiger partial charge is 0.497 e. The van der Waals surface area contributed by atoms with E-state index in [2.05, 4.69) is 37.2 Å². The fourth-order valence-corrected chi connectivity index (χ4v) is 3.10. The summed E-state index contributed by atoms with van der Waals surface area (Å²) < 4.78 is 10.2. The maximum absolute atomic E-state index is 12.1. The van der Waals surface area contributed by atoms with Crippen molar-refractivity contribution in [3.8, 4) is 5.75 Å². The normalized spacial score (nSPS) is 14.1. The van der Waals surface area contributed by atoms with Crippen LogP contribution < -0.4 is 19.9 Å². The highest BCUT2D eigenvalue weighted by Gasteiger charge is 2.19. The van der Waals surface area contributed by atoms with Gasteiger partial charge < -0.3 is 24.6 Å². The van der Waals surface area contributed by atoms with Crippen molar-refractivity contribution in [1.82, 2.24) is 15.3 Å². The molecule has 1 saturated heterocycles. The zero-order valence-corrected chi connectivity index (χ0v) is 16.4. The quantitative estimate of drug-likeness (QED) is 0.691. The van der Waals surface area contributed by atoms with Gasteiger partial charge in [-0.05, 0) is 30.7 Å². The summed E-state index contributed by atoms with van der Waals surface area (Å²) in [4.78, 5) is 25.3. The van der Waals surface area contributed by atoms with Crippen molar-refractivity contribution in [3.05, 3.63) is 42.4 Å². The van der Waals surface area contributed by atoms with Crippen LogP contribution in [-0.4, -0.2) is 69.4 Å². The molecule has 150 valence electrons. The summed E-state index contributed by atoms with van der Waals surface area (Å²) in [7, 11) is 3.31. The van der Waals surface area contributed by atoms with E-state index in [-0.39, 0.29) is 5.91 Å². The monoisotopic (exact) mass is 385 g/mol. The molecule has 8 nitrogen and oxygen atoms in total. The number of benzene rings is 1. The molecule has 1 amide bonds. The van der Waals surface area contributed by atoms with Crippen LogP contribution in [0.5, 0.6) is 5.75 Å². The van der Waals surface area contributed by atoms with E-state index < -0.39 is 0 Å². The summed E-state index contributed by atoms with van der Waals surface area (Å²) in [6.45, 7) is 4.68. The molecule has 3 rings (SSSR count). The summed E-state index contributed by atoms with van der Waals surface area (Å²) in [5, 5.41) is 2.81. The Labute approximate surface area is 165 Å². The third kappa shape index (κ3) is 5.10. The molecule has 2 aromatic rings. The van der Waals surface area contributed by atoms with Crippen molar-refractivity contribution in [2.45, 2.75) is 6.42 Å². The van der Waals surface area contributed by atoms with Crippen LogP contribution in [0.1, 0.15) is 16.9 Å². The number of amides is 1. The minimum absolute atomic E-state index is 0.209. The van der Waals surface area contributed by atoms with Gasteiger partial charge in [0.25, 0.3) is 5.91 Å². The van der Waals surface area contributed by atoms with E-state index in [9.17, 15) is 4.79 Å². The number of hydrogen-bond donors (Lipinski definition) is 1. The van der Waals surface area contributed by atoms with E-state index in [1.807, 2.05) is 12.1 Å². The van der Waals surface area contributed by atoms with Crippen LogP contribution in [0.25, 0.3) is 0 Å². The number of carbonyl (C=O) groups is 1. The molecule has 2 heterocycles. The number of piperazine rings is 1. The Morgan fingerprint density at radius 2 is 1.75 bits per heavy atom. The zero-order valence-electron chi connectivity index (χ0n) is 16.4. The maximum atomic E-state index is 12.1. The lowest BCUT2D eigenvalue weighted by Gasteiger charge is -2.36. The van der Waals surface area contributed by atoms with Gasteiger partial charge in [-0.1, -0.05) is 0 Å². The highest BCUT2D eigenvalue weighted by Crippen LogP contribution is 2.21. The van der Waals surface area contributed by atoms with Gasteiger partial charge >= 0.3 is 0 Å². The van der Waals surface area contributed by atoms with Gasteiger partial charge in [0.2, 0.25) is 0 Å². The summed E-state index contributed by atoms with van der Waals surface area (Å²) in [6, 6.07) is 8.11. The Kier molecular flexibility index (Phi) is 7.02. The number of methoxy groups -OCH3 is 2.